The second kappa shape index (κ2) is 10.6. The van der Waals surface area contributed by atoms with Gasteiger partial charge in [0.2, 0.25) is 0 Å². The lowest BCUT2D eigenvalue weighted by Gasteiger charge is -2.22. The van der Waals surface area contributed by atoms with Gasteiger partial charge in [0.05, 0.1) is 5.56 Å². The first-order chi connectivity index (χ1) is 15.4. The molecule has 2 amide bonds. The lowest BCUT2D eigenvalue weighted by molar-refractivity contribution is 0.0754. The molecule has 0 aliphatic carbocycles. The Labute approximate surface area is 188 Å². The topological polar surface area (TPSA) is 71.4 Å². The number of nitrogens with zero attached hydrogens (tertiary/aromatic N) is 2. The van der Waals surface area contributed by atoms with E-state index < -0.39 is 5.91 Å². The Balaban J connectivity index is 1.83. The molecule has 6 heteroatoms. The van der Waals surface area contributed by atoms with Gasteiger partial charge in [-0.15, -0.1) is 0 Å². The number of amides is 2. The summed E-state index contributed by atoms with van der Waals surface area (Å²) >= 11 is 0. The van der Waals surface area contributed by atoms with Crippen molar-refractivity contribution in [3.05, 3.63) is 88.3 Å². The molecule has 1 aromatic heterocycles. The average Bonchev–Trinajstić information content (AvgIpc) is 2.82. The molecule has 166 valence electrons. The van der Waals surface area contributed by atoms with E-state index in [-0.39, 0.29) is 17.2 Å². The molecule has 3 aromatic rings. The van der Waals surface area contributed by atoms with Gasteiger partial charge >= 0.3 is 0 Å². The zero-order valence-corrected chi connectivity index (χ0v) is 18.8. The molecule has 6 nitrogen and oxygen atoms in total. The highest BCUT2D eigenvalue weighted by Crippen LogP contribution is 2.20. The predicted molar refractivity (Wildman–Crippen MR) is 128 cm³/mol. The highest BCUT2D eigenvalue weighted by atomic mass is 16.2. The monoisotopic (exact) mass is 431 g/mol. The summed E-state index contributed by atoms with van der Waals surface area (Å²) in [5.74, 6) is -0.544. The van der Waals surface area contributed by atoms with Crippen LogP contribution in [0.1, 0.15) is 47.4 Å². The zero-order valence-electron chi connectivity index (χ0n) is 18.8. The molecule has 3 rings (SSSR count). The third kappa shape index (κ3) is 5.32. The normalized spacial score (nSPS) is 10.6. The van der Waals surface area contributed by atoms with Gasteiger partial charge in [0.15, 0.2) is 0 Å². The summed E-state index contributed by atoms with van der Waals surface area (Å²) in [5.41, 5.74) is 2.59. The minimum Gasteiger partial charge on any atom is -0.339 e. The van der Waals surface area contributed by atoms with Gasteiger partial charge in [-0.25, -0.2) is 0 Å². The Kier molecular flexibility index (Phi) is 7.60. The van der Waals surface area contributed by atoms with E-state index in [4.69, 9.17) is 0 Å². The lowest BCUT2D eigenvalue weighted by Crippen LogP contribution is -2.34. The molecule has 0 aliphatic heterocycles. The largest absolute Gasteiger partial charge is 0.339 e. The summed E-state index contributed by atoms with van der Waals surface area (Å²) in [7, 11) is 1.58. The molecule has 2 aromatic carbocycles. The van der Waals surface area contributed by atoms with Crippen molar-refractivity contribution in [3.63, 3.8) is 0 Å². The number of nitrogens with one attached hydrogen (secondary N) is 1. The minimum absolute atomic E-state index is 0.0865. The van der Waals surface area contributed by atoms with Gasteiger partial charge in [-0.2, -0.15) is 0 Å². The van der Waals surface area contributed by atoms with Crippen molar-refractivity contribution in [1.29, 1.82) is 0 Å². The van der Waals surface area contributed by atoms with Crippen LogP contribution in [0.4, 0.5) is 5.69 Å². The first kappa shape index (κ1) is 23.0. The molecule has 0 radical (unpaired) electrons. The van der Waals surface area contributed by atoms with Crippen molar-refractivity contribution >= 4 is 17.5 Å². The quantitative estimate of drug-likeness (QED) is 0.568. The van der Waals surface area contributed by atoms with Crippen molar-refractivity contribution in [2.24, 2.45) is 7.05 Å². The lowest BCUT2D eigenvalue weighted by atomic mass is 10.0. The fraction of sp³-hybridized carbons (Fsp3) is 0.269. The van der Waals surface area contributed by atoms with Gasteiger partial charge in [0, 0.05) is 31.9 Å². The Morgan fingerprint density at radius 3 is 2.06 bits per heavy atom. The fourth-order valence-electron chi connectivity index (χ4n) is 3.59. The highest BCUT2D eigenvalue weighted by Gasteiger charge is 2.18. The Hall–Kier alpha value is -3.67. The van der Waals surface area contributed by atoms with Crippen molar-refractivity contribution in [3.8, 4) is 11.1 Å². The molecular weight excluding hydrogens is 402 g/mol. The van der Waals surface area contributed by atoms with Gasteiger partial charge in [-0.3, -0.25) is 14.4 Å². The number of benzene rings is 2. The van der Waals surface area contributed by atoms with E-state index in [0.717, 1.165) is 24.0 Å². The molecule has 0 saturated carbocycles. The Morgan fingerprint density at radius 2 is 1.47 bits per heavy atom. The molecule has 0 aliphatic rings. The number of carbonyl (C=O) groups is 2. The molecule has 0 saturated heterocycles. The maximum Gasteiger partial charge on any atom is 0.274 e. The SMILES string of the molecule is CCCN(CCC)C(=O)c1cc(NC(=O)c2ccc(-c3ccccc3)cc2)c(=O)n(C)c1. The first-order valence-electron chi connectivity index (χ1n) is 10.9. The Morgan fingerprint density at radius 1 is 0.875 bits per heavy atom. The molecule has 0 spiro atoms. The van der Waals surface area contributed by atoms with Crippen LogP contribution >= 0.6 is 0 Å². The smallest absolute Gasteiger partial charge is 0.274 e. The van der Waals surface area contributed by atoms with Crippen LogP contribution < -0.4 is 10.9 Å². The Bertz CT molecular complexity index is 1130. The third-order valence-electron chi connectivity index (χ3n) is 5.21. The van der Waals surface area contributed by atoms with Crippen LogP contribution in [0.3, 0.4) is 0 Å². The van der Waals surface area contributed by atoms with Crippen molar-refractivity contribution in [2.75, 3.05) is 18.4 Å². The molecule has 0 atom stereocenters. The number of hydrogen-bond acceptors (Lipinski definition) is 3. The number of rotatable bonds is 8. The van der Waals surface area contributed by atoms with Crippen molar-refractivity contribution < 1.29 is 9.59 Å². The number of pyridine rings is 1. The number of aryl methyl sites for hydroxylation is 1. The standard InChI is InChI=1S/C26H29N3O3/c1-4-15-29(16-5-2)25(31)22-17-23(26(32)28(3)18-22)27-24(30)21-13-11-20(12-14-21)19-9-7-6-8-10-19/h6-14,17-18H,4-5,15-16H2,1-3H3,(H,27,30). The summed E-state index contributed by atoms with van der Waals surface area (Å²) < 4.78 is 1.33. The third-order valence-corrected chi connectivity index (χ3v) is 5.21. The number of carbonyl (C=O) groups excluding carboxylic acids is 2. The molecule has 1 heterocycles. The summed E-state index contributed by atoms with van der Waals surface area (Å²) in [4.78, 5) is 40.1. The molecule has 0 unspecified atom stereocenters. The van der Waals surface area contributed by atoms with E-state index in [9.17, 15) is 14.4 Å². The zero-order chi connectivity index (χ0) is 23.1. The van der Waals surface area contributed by atoms with Crippen LogP contribution in [0, 0.1) is 0 Å². The average molecular weight is 432 g/mol. The van der Waals surface area contributed by atoms with Crippen LogP contribution in [0.15, 0.2) is 71.7 Å². The van der Waals surface area contributed by atoms with Gasteiger partial charge in [0.1, 0.15) is 5.69 Å². The second-order valence-electron chi connectivity index (χ2n) is 7.75. The number of hydrogen-bond donors (Lipinski definition) is 1. The summed E-state index contributed by atoms with van der Waals surface area (Å²) in [6.45, 7) is 5.33. The van der Waals surface area contributed by atoms with Crippen LogP contribution in [0.25, 0.3) is 11.1 Å². The molecule has 0 bridgehead atoms. The minimum atomic E-state index is -0.398. The van der Waals surface area contributed by atoms with Crippen molar-refractivity contribution in [2.45, 2.75) is 26.7 Å². The van der Waals surface area contributed by atoms with E-state index in [1.165, 1.54) is 16.8 Å². The molecule has 32 heavy (non-hydrogen) atoms. The van der Waals surface area contributed by atoms with Gasteiger partial charge in [-0.1, -0.05) is 56.3 Å². The number of aromatic nitrogens is 1. The van der Waals surface area contributed by atoms with Crippen LogP contribution in [-0.2, 0) is 7.05 Å². The highest BCUT2D eigenvalue weighted by molar-refractivity contribution is 6.05. The predicted octanol–water partition coefficient (Wildman–Crippen LogP) is 4.57. The number of anilines is 1. The summed E-state index contributed by atoms with van der Waals surface area (Å²) in [6, 6.07) is 18.5. The molecular formula is C26H29N3O3. The van der Waals surface area contributed by atoms with Gasteiger partial charge in [0.25, 0.3) is 17.4 Å². The van der Waals surface area contributed by atoms with Crippen LogP contribution in [-0.4, -0.2) is 34.4 Å². The maximum absolute atomic E-state index is 13.0. The van der Waals surface area contributed by atoms with Gasteiger partial charge < -0.3 is 14.8 Å². The van der Waals surface area contributed by atoms with E-state index in [0.29, 0.717) is 24.2 Å². The van der Waals surface area contributed by atoms with E-state index in [2.05, 4.69) is 5.32 Å². The van der Waals surface area contributed by atoms with Crippen LogP contribution in [0.2, 0.25) is 0 Å². The van der Waals surface area contributed by atoms with E-state index in [1.807, 2.05) is 56.3 Å². The molecule has 0 fully saturated rings. The second-order valence-corrected chi connectivity index (χ2v) is 7.75. The maximum atomic E-state index is 13.0. The van der Waals surface area contributed by atoms with E-state index in [1.54, 1.807) is 24.1 Å². The summed E-state index contributed by atoms with van der Waals surface area (Å²) in [6.07, 6.45) is 3.22. The van der Waals surface area contributed by atoms with Crippen molar-refractivity contribution in [1.82, 2.24) is 9.47 Å². The fourth-order valence-corrected chi connectivity index (χ4v) is 3.59. The summed E-state index contributed by atoms with van der Waals surface area (Å²) in [5, 5.41) is 2.68. The molecule has 1 N–H and O–H groups in total. The van der Waals surface area contributed by atoms with Gasteiger partial charge in [-0.05, 0) is 42.2 Å². The van der Waals surface area contributed by atoms with E-state index >= 15 is 0 Å². The first-order valence-corrected chi connectivity index (χ1v) is 10.9. The van der Waals surface area contributed by atoms with Crippen LogP contribution in [0.5, 0.6) is 0 Å².